The summed E-state index contributed by atoms with van der Waals surface area (Å²) >= 11 is 0. The average Bonchev–Trinajstić information content (AvgIpc) is 3.37. The molecule has 2 aromatic heterocycles. The Morgan fingerprint density at radius 1 is 1.13 bits per heavy atom. The highest BCUT2D eigenvalue weighted by molar-refractivity contribution is 5.82. The Hall–Kier alpha value is -4.00. The molecule has 3 N–H and O–H groups in total. The molecule has 7 heteroatoms. The predicted octanol–water partition coefficient (Wildman–Crippen LogP) is 3.62. The van der Waals surface area contributed by atoms with Crippen LogP contribution in [0.3, 0.4) is 0 Å². The van der Waals surface area contributed by atoms with Gasteiger partial charge in [0.25, 0.3) is 0 Å². The van der Waals surface area contributed by atoms with E-state index in [-0.39, 0.29) is 5.91 Å². The van der Waals surface area contributed by atoms with Crippen molar-refractivity contribution < 1.29 is 18.2 Å². The van der Waals surface area contributed by atoms with Crippen LogP contribution < -0.4 is 15.6 Å². The number of aromatic nitrogens is 2. The van der Waals surface area contributed by atoms with E-state index in [4.69, 9.17) is 15.1 Å². The molecule has 0 amide bonds. The SMILES string of the molecule is Nc1cc(F)cc(-c2c[n+]3c(c(Cc4ccccc4)n2)NC(Cc2ccco2)C3=O)c1. The minimum absolute atomic E-state index is 0.117. The molecule has 4 aromatic rings. The number of nitrogens with two attached hydrogens (primary N) is 1. The van der Waals surface area contributed by atoms with Crippen molar-refractivity contribution in [2.24, 2.45) is 0 Å². The van der Waals surface area contributed by atoms with Crippen LogP contribution in [0, 0.1) is 5.82 Å². The molecule has 1 aliphatic heterocycles. The van der Waals surface area contributed by atoms with E-state index in [1.807, 2.05) is 36.4 Å². The lowest BCUT2D eigenvalue weighted by Crippen LogP contribution is -2.44. The monoisotopic (exact) mass is 415 g/mol. The third-order valence-electron chi connectivity index (χ3n) is 5.28. The van der Waals surface area contributed by atoms with Crippen molar-refractivity contribution in [3.8, 4) is 11.3 Å². The van der Waals surface area contributed by atoms with E-state index in [0.29, 0.717) is 41.3 Å². The molecule has 0 aliphatic carbocycles. The molecule has 6 nitrogen and oxygen atoms in total. The molecule has 0 saturated heterocycles. The Balaban J connectivity index is 1.59. The molecular weight excluding hydrogens is 395 g/mol. The average molecular weight is 415 g/mol. The number of carbonyl (C=O) groups excluding carboxylic acids is 1. The van der Waals surface area contributed by atoms with Crippen LogP contribution in [-0.4, -0.2) is 16.9 Å². The Kier molecular flexibility index (Phi) is 4.71. The number of fused-ring (bicyclic) bond motifs is 1. The predicted molar refractivity (Wildman–Crippen MR) is 114 cm³/mol. The van der Waals surface area contributed by atoms with Crippen LogP contribution in [0.25, 0.3) is 11.3 Å². The summed E-state index contributed by atoms with van der Waals surface area (Å²) in [6.07, 6.45) is 4.16. The minimum Gasteiger partial charge on any atom is -0.469 e. The van der Waals surface area contributed by atoms with E-state index < -0.39 is 11.9 Å². The van der Waals surface area contributed by atoms with Crippen molar-refractivity contribution in [2.75, 3.05) is 11.1 Å². The van der Waals surface area contributed by atoms with E-state index in [2.05, 4.69) is 5.32 Å². The van der Waals surface area contributed by atoms with Gasteiger partial charge in [0, 0.05) is 17.7 Å². The van der Waals surface area contributed by atoms with Crippen LogP contribution in [0.5, 0.6) is 0 Å². The van der Waals surface area contributed by atoms with Gasteiger partial charge in [-0.25, -0.2) is 14.2 Å². The molecule has 0 radical (unpaired) electrons. The number of nitrogens with zero attached hydrogens (tertiary/aromatic N) is 2. The third-order valence-corrected chi connectivity index (χ3v) is 5.28. The standard InChI is InChI=1S/C24H19FN4O2/c25-17-10-16(11-18(26)12-17)22-14-29-23(20(27-22)9-15-5-2-1-3-6-15)28-21(24(29)30)13-19-7-4-8-31-19/h1-8,10-12,14,21H,9,13,26H2/p+1. The molecule has 1 unspecified atom stereocenters. The summed E-state index contributed by atoms with van der Waals surface area (Å²) in [6, 6.07) is 17.3. The van der Waals surface area contributed by atoms with Crippen LogP contribution in [0.15, 0.2) is 77.5 Å². The fourth-order valence-electron chi connectivity index (χ4n) is 3.85. The number of anilines is 2. The van der Waals surface area contributed by atoms with E-state index >= 15 is 0 Å². The lowest BCUT2D eigenvalue weighted by atomic mass is 10.1. The van der Waals surface area contributed by atoms with Gasteiger partial charge in [0.1, 0.15) is 29.2 Å². The molecule has 0 bridgehead atoms. The van der Waals surface area contributed by atoms with Crippen molar-refractivity contribution in [2.45, 2.75) is 18.9 Å². The van der Waals surface area contributed by atoms with Gasteiger partial charge in [-0.15, -0.1) is 0 Å². The molecule has 1 atom stereocenters. The third kappa shape index (κ3) is 3.77. The molecule has 0 saturated carbocycles. The Labute approximate surface area is 178 Å². The zero-order valence-electron chi connectivity index (χ0n) is 16.6. The van der Waals surface area contributed by atoms with Gasteiger partial charge >= 0.3 is 11.7 Å². The number of nitrogens with one attached hydrogen (secondary N) is 1. The first-order valence-corrected chi connectivity index (χ1v) is 9.96. The molecule has 2 aromatic carbocycles. The fourth-order valence-corrected chi connectivity index (χ4v) is 3.85. The van der Waals surface area contributed by atoms with Gasteiger partial charge in [-0.1, -0.05) is 30.3 Å². The van der Waals surface area contributed by atoms with E-state index in [1.165, 1.54) is 12.1 Å². The lowest BCUT2D eigenvalue weighted by Gasteiger charge is -2.08. The molecular formula is C24H20FN4O2+. The number of rotatable bonds is 5. The maximum Gasteiger partial charge on any atom is 0.359 e. The van der Waals surface area contributed by atoms with E-state index in [0.717, 1.165) is 11.3 Å². The van der Waals surface area contributed by atoms with Gasteiger partial charge in [-0.2, -0.15) is 4.57 Å². The number of benzene rings is 2. The number of nitrogen functional groups attached to an aromatic ring is 1. The first-order chi connectivity index (χ1) is 15.1. The van der Waals surface area contributed by atoms with E-state index in [1.54, 1.807) is 29.2 Å². The van der Waals surface area contributed by atoms with Gasteiger partial charge < -0.3 is 10.2 Å². The first-order valence-electron chi connectivity index (χ1n) is 9.96. The van der Waals surface area contributed by atoms with Crippen molar-refractivity contribution in [1.82, 2.24) is 4.98 Å². The van der Waals surface area contributed by atoms with Crippen molar-refractivity contribution in [3.63, 3.8) is 0 Å². The summed E-state index contributed by atoms with van der Waals surface area (Å²) in [5.74, 6) is 0.786. The second-order valence-corrected chi connectivity index (χ2v) is 7.55. The van der Waals surface area contributed by atoms with E-state index in [9.17, 15) is 9.18 Å². The fraction of sp³-hybridized carbons (Fsp3) is 0.125. The molecule has 1 aliphatic rings. The second kappa shape index (κ2) is 7.68. The van der Waals surface area contributed by atoms with Crippen LogP contribution in [0.4, 0.5) is 15.9 Å². The molecule has 5 rings (SSSR count). The summed E-state index contributed by atoms with van der Waals surface area (Å²) in [4.78, 5) is 18.0. The maximum atomic E-state index is 14.0. The highest BCUT2D eigenvalue weighted by Crippen LogP contribution is 2.26. The van der Waals surface area contributed by atoms with Crippen LogP contribution in [0.1, 0.15) is 21.8 Å². The van der Waals surface area contributed by atoms with Gasteiger partial charge in [0.05, 0.1) is 12.7 Å². The lowest BCUT2D eigenvalue weighted by molar-refractivity contribution is -0.552. The van der Waals surface area contributed by atoms with Gasteiger partial charge in [-0.3, -0.25) is 5.32 Å². The van der Waals surface area contributed by atoms with Crippen molar-refractivity contribution in [3.05, 3.63) is 96.0 Å². The molecule has 3 heterocycles. The number of hydrogen-bond acceptors (Lipinski definition) is 5. The smallest absolute Gasteiger partial charge is 0.359 e. The van der Waals surface area contributed by atoms with Crippen LogP contribution >= 0.6 is 0 Å². The zero-order chi connectivity index (χ0) is 21.4. The topological polar surface area (TPSA) is 85.0 Å². The van der Waals surface area contributed by atoms with Gasteiger partial charge in [0.15, 0.2) is 0 Å². The number of carbonyl (C=O) groups is 1. The van der Waals surface area contributed by atoms with Gasteiger partial charge in [-0.05, 0) is 35.9 Å². The van der Waals surface area contributed by atoms with Crippen molar-refractivity contribution >= 4 is 17.4 Å². The minimum atomic E-state index is -0.477. The maximum absolute atomic E-state index is 14.0. The molecule has 0 fully saturated rings. The van der Waals surface area contributed by atoms with Gasteiger partial charge in [0.2, 0.25) is 6.04 Å². The molecule has 154 valence electrons. The second-order valence-electron chi connectivity index (χ2n) is 7.55. The van der Waals surface area contributed by atoms with Crippen LogP contribution in [-0.2, 0) is 12.8 Å². The number of hydrogen-bond donors (Lipinski definition) is 2. The Morgan fingerprint density at radius 3 is 2.71 bits per heavy atom. The summed E-state index contributed by atoms with van der Waals surface area (Å²) in [5.41, 5.74) is 8.88. The molecule has 0 spiro atoms. The summed E-state index contributed by atoms with van der Waals surface area (Å²) < 4.78 is 21.0. The number of furan rings is 1. The zero-order valence-corrected chi connectivity index (χ0v) is 16.6. The highest BCUT2D eigenvalue weighted by Gasteiger charge is 2.41. The number of halogens is 1. The normalized spacial score (nSPS) is 15.0. The van der Waals surface area contributed by atoms with Crippen molar-refractivity contribution in [1.29, 1.82) is 0 Å². The van der Waals surface area contributed by atoms with Crippen LogP contribution in [0.2, 0.25) is 0 Å². The summed E-state index contributed by atoms with van der Waals surface area (Å²) in [5, 5.41) is 3.30. The molecule has 31 heavy (non-hydrogen) atoms. The Morgan fingerprint density at radius 2 is 1.97 bits per heavy atom. The summed E-state index contributed by atoms with van der Waals surface area (Å²) in [7, 11) is 0. The highest BCUT2D eigenvalue weighted by atomic mass is 19.1. The quantitative estimate of drug-likeness (QED) is 0.384. The largest absolute Gasteiger partial charge is 0.469 e. The first kappa shape index (κ1) is 19.0. The summed E-state index contributed by atoms with van der Waals surface area (Å²) in [6.45, 7) is 0. The Bertz CT molecular complexity index is 1240.